The first-order valence-electron chi connectivity index (χ1n) is 6.13. The van der Waals surface area contributed by atoms with Crippen LogP contribution in [0.25, 0.3) is 0 Å². The van der Waals surface area contributed by atoms with Crippen LogP contribution in [-0.4, -0.2) is 32.9 Å². The van der Waals surface area contributed by atoms with E-state index in [4.69, 9.17) is 0 Å². The highest BCUT2D eigenvalue weighted by atomic mass is 127. The number of nitrogens with zero attached hydrogens (tertiary/aromatic N) is 1. The molecule has 1 aliphatic rings. The SMILES string of the molecule is CS(=O)(=O)CCN1C(=O)CCCc2cc(I)ccc21. The van der Waals surface area contributed by atoms with Gasteiger partial charge in [0.25, 0.3) is 0 Å². The van der Waals surface area contributed by atoms with Crippen molar-refractivity contribution >= 4 is 44.0 Å². The van der Waals surface area contributed by atoms with Crippen molar-refractivity contribution in [1.29, 1.82) is 0 Å². The maximum atomic E-state index is 12.1. The zero-order valence-electron chi connectivity index (χ0n) is 10.7. The lowest BCUT2D eigenvalue weighted by atomic mass is 10.1. The second kappa shape index (κ2) is 5.78. The molecule has 1 aromatic rings. The first-order chi connectivity index (χ1) is 8.87. The molecule has 0 saturated heterocycles. The van der Waals surface area contributed by atoms with E-state index in [0.717, 1.165) is 27.7 Å². The third-order valence-electron chi connectivity index (χ3n) is 3.16. The number of benzene rings is 1. The van der Waals surface area contributed by atoms with Gasteiger partial charge in [0.05, 0.1) is 5.75 Å². The summed E-state index contributed by atoms with van der Waals surface area (Å²) in [6, 6.07) is 5.94. The monoisotopic (exact) mass is 393 g/mol. The van der Waals surface area contributed by atoms with Crippen LogP contribution >= 0.6 is 22.6 Å². The van der Waals surface area contributed by atoms with Gasteiger partial charge < -0.3 is 4.90 Å². The summed E-state index contributed by atoms with van der Waals surface area (Å²) in [6.45, 7) is 0.241. The Morgan fingerprint density at radius 2 is 2.05 bits per heavy atom. The van der Waals surface area contributed by atoms with Crippen molar-refractivity contribution < 1.29 is 13.2 Å². The molecule has 0 unspecified atom stereocenters. The molecule has 2 rings (SSSR count). The van der Waals surface area contributed by atoms with Gasteiger partial charge in [-0.2, -0.15) is 0 Å². The molecule has 0 aromatic heterocycles. The topological polar surface area (TPSA) is 54.5 Å². The number of carbonyl (C=O) groups excluding carboxylic acids is 1. The van der Waals surface area contributed by atoms with Crippen LogP contribution in [0.5, 0.6) is 0 Å². The molecule has 4 nitrogen and oxygen atoms in total. The molecule has 0 spiro atoms. The molecule has 0 atom stereocenters. The lowest BCUT2D eigenvalue weighted by molar-refractivity contribution is -0.118. The average Bonchev–Trinajstić information content (AvgIpc) is 2.44. The smallest absolute Gasteiger partial charge is 0.227 e. The molecule has 0 aliphatic carbocycles. The van der Waals surface area contributed by atoms with E-state index in [1.165, 1.54) is 6.26 Å². The normalized spacial score (nSPS) is 16.1. The number of aryl methyl sites for hydroxylation is 1. The van der Waals surface area contributed by atoms with E-state index in [-0.39, 0.29) is 18.2 Å². The minimum atomic E-state index is -3.06. The predicted molar refractivity (Wildman–Crippen MR) is 84.2 cm³/mol. The quantitative estimate of drug-likeness (QED) is 0.739. The Morgan fingerprint density at radius 1 is 1.32 bits per heavy atom. The molecule has 0 N–H and O–H groups in total. The Bertz CT molecular complexity index is 598. The van der Waals surface area contributed by atoms with Crippen LogP contribution in [0.2, 0.25) is 0 Å². The summed E-state index contributed by atoms with van der Waals surface area (Å²) in [5.41, 5.74) is 2.00. The fraction of sp³-hybridized carbons (Fsp3) is 0.462. The number of halogens is 1. The van der Waals surface area contributed by atoms with E-state index in [1.54, 1.807) is 4.90 Å². The molecule has 0 saturated carbocycles. The molecular formula is C13H16INO3S. The highest BCUT2D eigenvalue weighted by Gasteiger charge is 2.23. The van der Waals surface area contributed by atoms with Gasteiger partial charge in [-0.3, -0.25) is 4.79 Å². The van der Waals surface area contributed by atoms with Crippen LogP contribution in [0, 0.1) is 3.57 Å². The Hall–Kier alpha value is -0.630. The van der Waals surface area contributed by atoms with Gasteiger partial charge in [0.1, 0.15) is 9.84 Å². The highest BCUT2D eigenvalue weighted by Crippen LogP contribution is 2.28. The number of carbonyl (C=O) groups is 1. The van der Waals surface area contributed by atoms with Crippen molar-refractivity contribution in [2.24, 2.45) is 0 Å². The number of fused-ring (bicyclic) bond motifs is 1. The summed E-state index contributed by atoms with van der Waals surface area (Å²) in [7, 11) is -3.06. The molecule has 0 radical (unpaired) electrons. The van der Waals surface area contributed by atoms with E-state index in [0.29, 0.717) is 6.42 Å². The molecule has 1 aromatic carbocycles. The number of anilines is 1. The molecule has 1 aliphatic heterocycles. The third-order valence-corrected chi connectivity index (χ3v) is 4.75. The second-order valence-corrected chi connectivity index (χ2v) is 8.31. The Kier molecular flexibility index (Phi) is 4.50. The van der Waals surface area contributed by atoms with Crippen LogP contribution < -0.4 is 4.90 Å². The van der Waals surface area contributed by atoms with E-state index < -0.39 is 9.84 Å². The summed E-state index contributed by atoms with van der Waals surface area (Å²) in [6.07, 6.45) is 3.37. The van der Waals surface area contributed by atoms with Crippen molar-refractivity contribution in [2.45, 2.75) is 19.3 Å². The maximum Gasteiger partial charge on any atom is 0.227 e. The lowest BCUT2D eigenvalue weighted by Crippen LogP contribution is -2.34. The van der Waals surface area contributed by atoms with Gasteiger partial charge in [0, 0.05) is 28.5 Å². The predicted octanol–water partition coefficient (Wildman–Crippen LogP) is 2.01. The van der Waals surface area contributed by atoms with Crippen molar-refractivity contribution in [2.75, 3.05) is 23.5 Å². The van der Waals surface area contributed by atoms with Crippen LogP contribution in [0.1, 0.15) is 18.4 Å². The van der Waals surface area contributed by atoms with Crippen LogP contribution in [0.3, 0.4) is 0 Å². The van der Waals surface area contributed by atoms with Crippen LogP contribution in [0.4, 0.5) is 5.69 Å². The van der Waals surface area contributed by atoms with Crippen molar-refractivity contribution in [1.82, 2.24) is 0 Å². The molecule has 19 heavy (non-hydrogen) atoms. The number of amides is 1. The molecule has 104 valence electrons. The number of hydrogen-bond acceptors (Lipinski definition) is 3. The third kappa shape index (κ3) is 3.92. The number of sulfone groups is 1. The van der Waals surface area contributed by atoms with Crippen molar-refractivity contribution in [3.63, 3.8) is 0 Å². The Labute approximate surface area is 127 Å². The largest absolute Gasteiger partial charge is 0.311 e. The lowest BCUT2D eigenvalue weighted by Gasteiger charge is -2.22. The summed E-state index contributed by atoms with van der Waals surface area (Å²) >= 11 is 2.25. The Balaban J connectivity index is 2.32. The summed E-state index contributed by atoms with van der Waals surface area (Å²) < 4.78 is 23.7. The van der Waals surface area contributed by atoms with Gasteiger partial charge in [0.15, 0.2) is 0 Å². The average molecular weight is 393 g/mol. The number of hydrogen-bond donors (Lipinski definition) is 0. The van der Waals surface area contributed by atoms with Crippen molar-refractivity contribution in [3.8, 4) is 0 Å². The molecule has 0 bridgehead atoms. The van der Waals surface area contributed by atoms with E-state index in [9.17, 15) is 13.2 Å². The van der Waals surface area contributed by atoms with Gasteiger partial charge in [-0.05, 0) is 59.2 Å². The first-order valence-corrected chi connectivity index (χ1v) is 9.27. The van der Waals surface area contributed by atoms with Gasteiger partial charge in [-0.15, -0.1) is 0 Å². The minimum Gasteiger partial charge on any atom is -0.311 e. The van der Waals surface area contributed by atoms with E-state index in [2.05, 4.69) is 28.7 Å². The summed E-state index contributed by atoms with van der Waals surface area (Å²) in [5.74, 6) is 0.0214. The molecule has 0 fully saturated rings. The first kappa shape index (κ1) is 14.8. The maximum absolute atomic E-state index is 12.1. The number of rotatable bonds is 3. The molecule has 6 heteroatoms. The van der Waals surface area contributed by atoms with E-state index >= 15 is 0 Å². The molecule has 1 amide bonds. The fourth-order valence-electron chi connectivity index (χ4n) is 2.22. The van der Waals surface area contributed by atoms with Crippen LogP contribution in [0.15, 0.2) is 18.2 Å². The van der Waals surface area contributed by atoms with Gasteiger partial charge in [0.2, 0.25) is 5.91 Å². The van der Waals surface area contributed by atoms with E-state index in [1.807, 2.05) is 12.1 Å². The molecule has 1 heterocycles. The Morgan fingerprint density at radius 3 is 2.74 bits per heavy atom. The van der Waals surface area contributed by atoms with Crippen LogP contribution in [-0.2, 0) is 21.1 Å². The zero-order chi connectivity index (χ0) is 14.0. The van der Waals surface area contributed by atoms with Crippen molar-refractivity contribution in [3.05, 3.63) is 27.3 Å². The highest BCUT2D eigenvalue weighted by molar-refractivity contribution is 14.1. The minimum absolute atomic E-state index is 0.00413. The zero-order valence-corrected chi connectivity index (χ0v) is 13.7. The standard InChI is InChI=1S/C13H16INO3S/c1-19(17,18)8-7-15-12-6-5-11(14)9-10(12)3-2-4-13(15)16/h5-6,9H,2-4,7-8H2,1H3. The van der Waals surface area contributed by atoms with Gasteiger partial charge in [-0.25, -0.2) is 8.42 Å². The molecular weight excluding hydrogens is 377 g/mol. The fourth-order valence-corrected chi connectivity index (χ4v) is 3.29. The van der Waals surface area contributed by atoms with Gasteiger partial charge in [-0.1, -0.05) is 0 Å². The summed E-state index contributed by atoms with van der Waals surface area (Å²) in [5, 5.41) is 0. The van der Waals surface area contributed by atoms with Gasteiger partial charge >= 0.3 is 0 Å². The summed E-state index contributed by atoms with van der Waals surface area (Å²) in [4.78, 5) is 13.7. The second-order valence-electron chi connectivity index (χ2n) is 4.80.